The molecule has 0 fully saturated rings. The van der Waals surface area contributed by atoms with E-state index in [1.807, 2.05) is 38.1 Å². The summed E-state index contributed by atoms with van der Waals surface area (Å²) < 4.78 is 10.9. The number of rotatable bonds is 5. The molecule has 0 N–H and O–H groups in total. The van der Waals surface area contributed by atoms with E-state index in [1.54, 1.807) is 0 Å². The first-order valence-corrected chi connectivity index (χ1v) is 4.57. The van der Waals surface area contributed by atoms with Gasteiger partial charge in [0, 0.05) is 13.2 Å². The molecule has 0 saturated carbocycles. The van der Waals surface area contributed by atoms with E-state index in [4.69, 9.17) is 9.47 Å². The fourth-order valence-corrected chi connectivity index (χ4v) is 1.10. The van der Waals surface area contributed by atoms with Crippen molar-refractivity contribution >= 4 is 0 Å². The third kappa shape index (κ3) is 4.30. The molecule has 1 aromatic carbocycles. The number of hydrogen-bond acceptors (Lipinski definition) is 2. The maximum Gasteiger partial charge on any atom is 1.00 e. The molecule has 3 heteroatoms. The molecule has 0 aliphatic carbocycles. The Hall–Kier alpha value is -0.263. The minimum absolute atomic E-state index is 0. The van der Waals surface area contributed by atoms with Gasteiger partial charge in [-0.3, -0.25) is 0 Å². The summed E-state index contributed by atoms with van der Waals surface area (Å²) in [5.41, 5.74) is 1.04. The quantitative estimate of drug-likeness (QED) is 0.353. The van der Waals surface area contributed by atoms with E-state index >= 15 is 0 Å². The van der Waals surface area contributed by atoms with Gasteiger partial charge in [0.05, 0.1) is 0 Å². The zero-order valence-corrected chi connectivity index (χ0v) is 9.12. The van der Waals surface area contributed by atoms with Crippen LogP contribution in [-0.2, 0) is 9.47 Å². The minimum atomic E-state index is -0.232. The zero-order valence-electron chi connectivity index (χ0n) is 9.12. The van der Waals surface area contributed by atoms with E-state index in [0.29, 0.717) is 13.2 Å². The third-order valence-electron chi connectivity index (χ3n) is 1.65. The van der Waals surface area contributed by atoms with E-state index in [1.165, 1.54) is 0 Å². The van der Waals surface area contributed by atoms with Gasteiger partial charge in [0.25, 0.3) is 0 Å². The van der Waals surface area contributed by atoms with Crippen LogP contribution in [0.25, 0.3) is 0 Å². The van der Waals surface area contributed by atoms with Crippen molar-refractivity contribution in [2.24, 2.45) is 0 Å². The first-order valence-electron chi connectivity index (χ1n) is 4.57. The standard InChI is InChI=1S/C11H15O2.Li/c1-3-12-11(13-4-2)10-8-6-5-7-9-10;/h6-9,11H,3-4H2,1-2H3;/q-1;+1. The summed E-state index contributed by atoms with van der Waals surface area (Å²) in [6.07, 6.45) is -0.232. The largest absolute Gasteiger partial charge is 1.00 e. The van der Waals surface area contributed by atoms with Crippen LogP contribution in [0.15, 0.2) is 24.3 Å². The van der Waals surface area contributed by atoms with Gasteiger partial charge in [0.2, 0.25) is 0 Å². The van der Waals surface area contributed by atoms with Crippen LogP contribution in [0.1, 0.15) is 25.7 Å². The van der Waals surface area contributed by atoms with Crippen molar-refractivity contribution in [3.8, 4) is 0 Å². The molecule has 0 heterocycles. The van der Waals surface area contributed by atoms with E-state index in [-0.39, 0.29) is 25.2 Å². The van der Waals surface area contributed by atoms with E-state index in [2.05, 4.69) is 6.07 Å². The van der Waals surface area contributed by atoms with Gasteiger partial charge in [0.1, 0.15) is 0 Å². The van der Waals surface area contributed by atoms with Gasteiger partial charge in [-0.15, -0.1) is 5.56 Å². The smallest absolute Gasteiger partial charge is 0.351 e. The Morgan fingerprint density at radius 3 is 2.07 bits per heavy atom. The Morgan fingerprint density at radius 1 is 1.14 bits per heavy atom. The van der Waals surface area contributed by atoms with Crippen molar-refractivity contribution in [3.05, 3.63) is 35.9 Å². The van der Waals surface area contributed by atoms with Crippen molar-refractivity contribution in [2.45, 2.75) is 20.1 Å². The Balaban J connectivity index is 0.00000169. The summed E-state index contributed by atoms with van der Waals surface area (Å²) in [6.45, 7) is 5.23. The van der Waals surface area contributed by atoms with Crippen LogP contribution in [-0.4, -0.2) is 13.2 Å². The van der Waals surface area contributed by atoms with E-state index < -0.39 is 0 Å². The topological polar surface area (TPSA) is 18.5 Å². The minimum Gasteiger partial charge on any atom is -0.351 e. The van der Waals surface area contributed by atoms with Crippen molar-refractivity contribution in [1.82, 2.24) is 0 Å². The fourth-order valence-electron chi connectivity index (χ4n) is 1.10. The zero-order chi connectivity index (χ0) is 9.52. The SMILES string of the molecule is CCOC(OCC)c1cc[c-]cc1.[Li+]. The Labute approximate surface area is 97.8 Å². The fraction of sp³-hybridized carbons (Fsp3) is 0.455. The maximum atomic E-state index is 5.43. The van der Waals surface area contributed by atoms with Gasteiger partial charge in [-0.25, -0.2) is 0 Å². The summed E-state index contributed by atoms with van der Waals surface area (Å²) in [5.74, 6) is 0. The molecule has 0 atom stereocenters. The van der Waals surface area contributed by atoms with Crippen molar-refractivity contribution in [1.29, 1.82) is 0 Å². The van der Waals surface area contributed by atoms with Crippen LogP contribution in [0.2, 0.25) is 0 Å². The van der Waals surface area contributed by atoms with Gasteiger partial charge in [0.15, 0.2) is 6.29 Å². The van der Waals surface area contributed by atoms with Crippen molar-refractivity contribution in [2.75, 3.05) is 13.2 Å². The second-order valence-corrected chi connectivity index (χ2v) is 2.58. The molecule has 0 amide bonds. The molecule has 0 bridgehead atoms. The van der Waals surface area contributed by atoms with Crippen LogP contribution in [0.3, 0.4) is 0 Å². The summed E-state index contributed by atoms with van der Waals surface area (Å²) >= 11 is 0. The van der Waals surface area contributed by atoms with Crippen LogP contribution in [0, 0.1) is 6.07 Å². The molecule has 72 valence electrons. The average molecular weight is 186 g/mol. The second kappa shape index (κ2) is 8.08. The van der Waals surface area contributed by atoms with Crippen molar-refractivity contribution < 1.29 is 28.3 Å². The van der Waals surface area contributed by atoms with E-state index in [0.717, 1.165) is 5.56 Å². The first kappa shape index (κ1) is 13.7. The monoisotopic (exact) mass is 186 g/mol. The average Bonchev–Trinajstić information content (AvgIpc) is 2.19. The molecular formula is C11H15LiO2. The number of benzene rings is 1. The summed E-state index contributed by atoms with van der Waals surface area (Å²) in [7, 11) is 0. The van der Waals surface area contributed by atoms with Crippen LogP contribution < -0.4 is 18.9 Å². The molecule has 1 rings (SSSR count). The molecule has 0 aliphatic heterocycles. The third-order valence-corrected chi connectivity index (χ3v) is 1.65. The predicted octanol–water partition coefficient (Wildman–Crippen LogP) is -0.438. The molecule has 2 nitrogen and oxygen atoms in total. The Morgan fingerprint density at radius 2 is 1.64 bits per heavy atom. The normalized spacial score (nSPS) is 9.93. The maximum absolute atomic E-state index is 5.43. The van der Waals surface area contributed by atoms with Gasteiger partial charge < -0.3 is 9.47 Å². The molecule has 0 aliphatic rings. The second-order valence-electron chi connectivity index (χ2n) is 2.58. The molecule has 0 aromatic heterocycles. The molecule has 0 saturated heterocycles. The van der Waals surface area contributed by atoms with Crippen LogP contribution in [0.5, 0.6) is 0 Å². The van der Waals surface area contributed by atoms with E-state index in [9.17, 15) is 0 Å². The van der Waals surface area contributed by atoms with Gasteiger partial charge in [-0.05, 0) is 13.8 Å². The first-order chi connectivity index (χ1) is 6.38. The number of hydrogen-bond donors (Lipinski definition) is 0. The molecule has 0 spiro atoms. The van der Waals surface area contributed by atoms with Crippen molar-refractivity contribution in [3.63, 3.8) is 0 Å². The van der Waals surface area contributed by atoms with Crippen LogP contribution in [0.4, 0.5) is 0 Å². The molecular weight excluding hydrogens is 171 g/mol. The molecule has 0 radical (unpaired) electrons. The Bertz CT molecular complexity index is 220. The molecule has 0 unspecified atom stereocenters. The summed E-state index contributed by atoms with van der Waals surface area (Å²) in [4.78, 5) is 0. The molecule has 14 heavy (non-hydrogen) atoms. The predicted molar refractivity (Wildman–Crippen MR) is 51.3 cm³/mol. The summed E-state index contributed by atoms with van der Waals surface area (Å²) in [5, 5.41) is 0. The summed E-state index contributed by atoms with van der Waals surface area (Å²) in [6, 6.07) is 10.6. The molecule has 1 aromatic rings. The van der Waals surface area contributed by atoms with Gasteiger partial charge >= 0.3 is 18.9 Å². The van der Waals surface area contributed by atoms with Gasteiger partial charge in [-0.1, -0.05) is 0 Å². The van der Waals surface area contributed by atoms with Crippen LogP contribution >= 0.6 is 0 Å². The number of ether oxygens (including phenoxy) is 2. The van der Waals surface area contributed by atoms with Gasteiger partial charge in [-0.2, -0.15) is 30.3 Å². The Kier molecular flexibility index (Phi) is 7.93.